The van der Waals surface area contributed by atoms with Crippen LogP contribution in [0.3, 0.4) is 0 Å². The number of hydrogen-bond donors (Lipinski definition) is 3. The van der Waals surface area contributed by atoms with Crippen LogP contribution < -0.4 is 16.0 Å². The first-order valence-corrected chi connectivity index (χ1v) is 8.35. The molecule has 2 aromatic rings. The van der Waals surface area contributed by atoms with Crippen LogP contribution in [0.4, 0.5) is 10.5 Å². The molecule has 0 fully saturated rings. The fourth-order valence-electron chi connectivity index (χ4n) is 2.50. The number of nitrogens with one attached hydrogen (secondary N) is 3. The minimum Gasteiger partial charge on any atom is -0.466 e. The molecule has 1 heterocycles. The van der Waals surface area contributed by atoms with E-state index in [4.69, 9.17) is 4.42 Å². The number of amides is 2. The van der Waals surface area contributed by atoms with Gasteiger partial charge in [-0.1, -0.05) is 32.0 Å². The maximum absolute atomic E-state index is 12.0. The normalized spacial score (nSPS) is 12.0. The number of furan rings is 1. The number of urea groups is 1. The smallest absolute Gasteiger partial charge is 0.315 e. The van der Waals surface area contributed by atoms with Gasteiger partial charge in [-0.3, -0.25) is 0 Å². The molecule has 0 aliphatic carbocycles. The van der Waals surface area contributed by atoms with Crippen LogP contribution in [0.15, 0.2) is 40.8 Å². The molecule has 3 N–H and O–H groups in total. The number of rotatable bonds is 7. The summed E-state index contributed by atoms with van der Waals surface area (Å²) in [7, 11) is 0. The molecule has 0 saturated heterocycles. The van der Waals surface area contributed by atoms with Crippen LogP contribution in [-0.2, 0) is 6.54 Å². The van der Waals surface area contributed by atoms with Crippen LogP contribution in [0, 0.1) is 19.8 Å². The average Bonchev–Trinajstić information content (AvgIpc) is 2.87. The number of hydrogen-bond acceptors (Lipinski definition) is 3. The van der Waals surface area contributed by atoms with E-state index in [-0.39, 0.29) is 12.1 Å². The summed E-state index contributed by atoms with van der Waals surface area (Å²) >= 11 is 0. The van der Waals surface area contributed by atoms with E-state index in [1.165, 1.54) is 0 Å². The van der Waals surface area contributed by atoms with Crippen LogP contribution in [0.1, 0.15) is 30.9 Å². The monoisotopic (exact) mass is 329 g/mol. The molecule has 0 radical (unpaired) electrons. The summed E-state index contributed by atoms with van der Waals surface area (Å²) in [6.07, 6.45) is 0. The highest BCUT2D eigenvalue weighted by Gasteiger charge is 2.14. The molecule has 1 unspecified atom stereocenters. The molecule has 2 rings (SSSR count). The maximum Gasteiger partial charge on any atom is 0.315 e. The Kier molecular flexibility index (Phi) is 6.29. The third-order valence-corrected chi connectivity index (χ3v) is 4.00. The lowest BCUT2D eigenvalue weighted by Crippen LogP contribution is -2.43. The first-order valence-electron chi connectivity index (χ1n) is 8.35. The van der Waals surface area contributed by atoms with Gasteiger partial charge in [0.25, 0.3) is 0 Å². The zero-order valence-corrected chi connectivity index (χ0v) is 14.8. The molecule has 0 aliphatic rings. The van der Waals surface area contributed by atoms with E-state index >= 15 is 0 Å². The molecule has 1 aromatic carbocycles. The van der Waals surface area contributed by atoms with Gasteiger partial charge in [-0.05, 0) is 38.0 Å². The van der Waals surface area contributed by atoms with Crippen molar-refractivity contribution in [2.45, 2.75) is 40.3 Å². The number of para-hydroxylation sites is 1. The third-order valence-electron chi connectivity index (χ3n) is 4.00. The van der Waals surface area contributed by atoms with Gasteiger partial charge in [-0.2, -0.15) is 0 Å². The standard InChI is InChI=1S/C19H27N3O2/c1-13(2)18(22-17-8-6-5-7-9-17)12-21-19(23)20-11-16-10-14(3)24-15(16)4/h5-10,13,18,22H,11-12H2,1-4H3,(H2,20,21,23). The molecular formula is C19H27N3O2. The Morgan fingerprint density at radius 3 is 2.42 bits per heavy atom. The predicted molar refractivity (Wildman–Crippen MR) is 97.1 cm³/mol. The summed E-state index contributed by atoms with van der Waals surface area (Å²) in [5, 5.41) is 9.27. The number of carbonyl (C=O) groups is 1. The Bertz CT molecular complexity index is 650. The van der Waals surface area contributed by atoms with Gasteiger partial charge in [0.15, 0.2) is 0 Å². The van der Waals surface area contributed by atoms with E-state index in [1.54, 1.807) is 0 Å². The lowest BCUT2D eigenvalue weighted by molar-refractivity contribution is 0.239. The topological polar surface area (TPSA) is 66.3 Å². The van der Waals surface area contributed by atoms with Gasteiger partial charge >= 0.3 is 6.03 Å². The lowest BCUT2D eigenvalue weighted by atomic mass is 10.0. The second-order valence-electron chi connectivity index (χ2n) is 6.36. The molecule has 5 nitrogen and oxygen atoms in total. The molecule has 0 saturated carbocycles. The van der Waals surface area contributed by atoms with Gasteiger partial charge in [0, 0.05) is 30.4 Å². The average molecular weight is 329 g/mol. The minimum atomic E-state index is -0.172. The predicted octanol–water partition coefficient (Wildman–Crippen LogP) is 3.83. The number of benzene rings is 1. The highest BCUT2D eigenvalue weighted by Crippen LogP contribution is 2.13. The second kappa shape index (κ2) is 8.43. The van der Waals surface area contributed by atoms with Crippen molar-refractivity contribution < 1.29 is 9.21 Å². The van der Waals surface area contributed by atoms with E-state index in [0.29, 0.717) is 19.0 Å². The molecule has 24 heavy (non-hydrogen) atoms. The van der Waals surface area contributed by atoms with Crippen molar-refractivity contribution in [3.63, 3.8) is 0 Å². The summed E-state index contributed by atoms with van der Waals surface area (Å²) in [5.41, 5.74) is 2.06. The van der Waals surface area contributed by atoms with Gasteiger partial charge in [0.1, 0.15) is 11.5 Å². The summed E-state index contributed by atoms with van der Waals surface area (Å²) in [6, 6.07) is 12.0. The van der Waals surface area contributed by atoms with Crippen LogP contribution >= 0.6 is 0 Å². The molecule has 0 bridgehead atoms. The summed E-state index contributed by atoms with van der Waals surface area (Å²) < 4.78 is 5.46. The quantitative estimate of drug-likeness (QED) is 0.723. The molecule has 1 atom stereocenters. The summed E-state index contributed by atoms with van der Waals surface area (Å²) in [6.45, 7) is 9.10. The van der Waals surface area contributed by atoms with E-state index in [0.717, 1.165) is 22.8 Å². The van der Waals surface area contributed by atoms with Gasteiger partial charge in [-0.15, -0.1) is 0 Å². The van der Waals surface area contributed by atoms with Crippen LogP contribution in [0.5, 0.6) is 0 Å². The zero-order chi connectivity index (χ0) is 17.5. The zero-order valence-electron chi connectivity index (χ0n) is 14.8. The van der Waals surface area contributed by atoms with Crippen molar-refractivity contribution >= 4 is 11.7 Å². The van der Waals surface area contributed by atoms with Gasteiger partial charge < -0.3 is 20.4 Å². The van der Waals surface area contributed by atoms with Crippen molar-refractivity contribution in [2.24, 2.45) is 5.92 Å². The number of aryl methyl sites for hydroxylation is 2. The fraction of sp³-hybridized carbons (Fsp3) is 0.421. The van der Waals surface area contributed by atoms with Crippen molar-refractivity contribution in [3.05, 3.63) is 53.5 Å². The fourth-order valence-corrected chi connectivity index (χ4v) is 2.50. The summed E-state index contributed by atoms with van der Waals surface area (Å²) in [5.74, 6) is 2.10. The number of anilines is 1. The van der Waals surface area contributed by atoms with Crippen LogP contribution in [-0.4, -0.2) is 18.6 Å². The van der Waals surface area contributed by atoms with E-state index in [9.17, 15) is 4.79 Å². The first-order chi connectivity index (χ1) is 11.5. The van der Waals surface area contributed by atoms with E-state index in [1.807, 2.05) is 50.2 Å². The Labute approximate surface area is 143 Å². The molecule has 1 aromatic heterocycles. The van der Waals surface area contributed by atoms with Gasteiger partial charge in [0.05, 0.1) is 0 Å². The van der Waals surface area contributed by atoms with Crippen LogP contribution in [0.25, 0.3) is 0 Å². The SMILES string of the molecule is Cc1cc(CNC(=O)NCC(Nc2ccccc2)C(C)C)c(C)o1. The first kappa shape index (κ1) is 17.9. The largest absolute Gasteiger partial charge is 0.466 e. The van der Waals surface area contributed by atoms with Gasteiger partial charge in [-0.25, -0.2) is 4.79 Å². The molecule has 130 valence electrons. The molecule has 0 spiro atoms. The Balaban J connectivity index is 1.80. The Morgan fingerprint density at radius 2 is 1.83 bits per heavy atom. The van der Waals surface area contributed by atoms with Crippen molar-refractivity contribution in [3.8, 4) is 0 Å². The van der Waals surface area contributed by atoms with E-state index in [2.05, 4.69) is 29.8 Å². The van der Waals surface area contributed by atoms with Crippen molar-refractivity contribution in [2.75, 3.05) is 11.9 Å². The van der Waals surface area contributed by atoms with Crippen molar-refractivity contribution in [1.29, 1.82) is 0 Å². The highest BCUT2D eigenvalue weighted by atomic mass is 16.3. The molecule has 0 aliphatic heterocycles. The third kappa shape index (κ3) is 5.33. The van der Waals surface area contributed by atoms with Crippen molar-refractivity contribution in [1.82, 2.24) is 10.6 Å². The second-order valence-corrected chi connectivity index (χ2v) is 6.36. The molecule has 5 heteroatoms. The maximum atomic E-state index is 12.0. The van der Waals surface area contributed by atoms with E-state index < -0.39 is 0 Å². The Hall–Kier alpha value is -2.43. The molecule has 2 amide bonds. The Morgan fingerprint density at radius 1 is 1.12 bits per heavy atom. The minimum absolute atomic E-state index is 0.163. The lowest BCUT2D eigenvalue weighted by Gasteiger charge is -2.24. The van der Waals surface area contributed by atoms with Gasteiger partial charge in [0.2, 0.25) is 0 Å². The highest BCUT2D eigenvalue weighted by molar-refractivity contribution is 5.74. The molecular weight excluding hydrogens is 302 g/mol. The van der Waals surface area contributed by atoms with Crippen LogP contribution in [0.2, 0.25) is 0 Å². The number of carbonyl (C=O) groups excluding carboxylic acids is 1. The summed E-state index contributed by atoms with van der Waals surface area (Å²) in [4.78, 5) is 12.0.